The Labute approximate surface area is 188 Å². The molecule has 162 valence electrons. The minimum Gasteiger partial charge on any atom is -0.326 e. The first-order valence-electron chi connectivity index (χ1n) is 10.1. The molecule has 31 heavy (non-hydrogen) atoms. The van der Waals surface area contributed by atoms with E-state index in [0.717, 1.165) is 38.7 Å². The summed E-state index contributed by atoms with van der Waals surface area (Å²) in [6.07, 6.45) is 2.03. The number of amides is 1. The van der Waals surface area contributed by atoms with E-state index in [0.29, 0.717) is 18.1 Å². The van der Waals surface area contributed by atoms with Gasteiger partial charge in [-0.2, -0.15) is 5.10 Å². The van der Waals surface area contributed by atoms with Gasteiger partial charge in [0.1, 0.15) is 0 Å². The van der Waals surface area contributed by atoms with Crippen LogP contribution in [-0.4, -0.2) is 27.9 Å². The molecule has 0 atom stereocenters. The predicted molar refractivity (Wildman–Crippen MR) is 129 cm³/mol. The smallest absolute Gasteiger partial charge is 0.257 e. The second kappa shape index (κ2) is 9.83. The Balaban J connectivity index is 1.89. The zero-order valence-corrected chi connectivity index (χ0v) is 19.7. The zero-order valence-electron chi connectivity index (χ0n) is 18.9. The summed E-state index contributed by atoms with van der Waals surface area (Å²) in [6.45, 7) is 8.38. The van der Waals surface area contributed by atoms with Gasteiger partial charge in [-0.05, 0) is 64.3 Å². The molecule has 3 rings (SSSR count). The third kappa shape index (κ3) is 5.76. The van der Waals surface area contributed by atoms with Crippen molar-refractivity contribution in [1.29, 1.82) is 0 Å². The van der Waals surface area contributed by atoms with Crippen molar-refractivity contribution in [2.45, 2.75) is 39.1 Å². The van der Waals surface area contributed by atoms with E-state index in [1.807, 2.05) is 88.1 Å². The topological polar surface area (TPSA) is 71.3 Å². The zero-order chi connectivity index (χ0) is 22.5. The van der Waals surface area contributed by atoms with Crippen molar-refractivity contribution in [3.63, 3.8) is 0 Å². The molecule has 0 radical (unpaired) electrons. The maximum Gasteiger partial charge on any atom is 0.257 e. The van der Waals surface area contributed by atoms with Crippen molar-refractivity contribution < 1.29 is 4.79 Å². The van der Waals surface area contributed by atoms with Gasteiger partial charge in [-0.3, -0.25) is 14.8 Å². The Kier molecular flexibility index (Phi) is 7.17. The largest absolute Gasteiger partial charge is 0.326 e. The second-order valence-electron chi connectivity index (χ2n) is 7.63. The number of nitrogens with zero attached hydrogens (tertiary/aromatic N) is 3. The summed E-state index contributed by atoms with van der Waals surface area (Å²) in [7, 11) is 1.92. The first-order valence-corrected chi connectivity index (χ1v) is 11.3. The molecule has 0 aliphatic rings. The minimum absolute atomic E-state index is 0.196. The van der Waals surface area contributed by atoms with Crippen molar-refractivity contribution in [3.05, 3.63) is 76.1 Å². The Morgan fingerprint density at radius 3 is 2.42 bits per heavy atom. The number of rotatable bonds is 5. The van der Waals surface area contributed by atoms with E-state index < -0.39 is 0 Å². The van der Waals surface area contributed by atoms with Crippen molar-refractivity contribution in [3.8, 4) is 0 Å². The monoisotopic (exact) mass is 435 g/mol. The molecule has 7 heteroatoms. The lowest BCUT2D eigenvalue weighted by atomic mass is 10.1. The quantitative estimate of drug-likeness (QED) is 0.344. The Hall–Kier alpha value is -3.06. The van der Waals surface area contributed by atoms with Crippen molar-refractivity contribution in [1.82, 2.24) is 15.1 Å². The molecular weight excluding hydrogens is 406 g/mol. The lowest BCUT2D eigenvalue weighted by molar-refractivity contribution is 0.0976. The molecule has 0 spiro atoms. The van der Waals surface area contributed by atoms with Crippen LogP contribution in [0.1, 0.15) is 38.4 Å². The van der Waals surface area contributed by atoms with E-state index in [1.165, 1.54) is 0 Å². The van der Waals surface area contributed by atoms with Gasteiger partial charge in [0, 0.05) is 34.5 Å². The van der Waals surface area contributed by atoms with Crippen LogP contribution in [0.3, 0.4) is 0 Å². The van der Waals surface area contributed by atoms with Crippen LogP contribution in [0.4, 0.5) is 5.69 Å². The molecule has 1 aromatic heterocycles. The van der Waals surface area contributed by atoms with Crippen LogP contribution < -0.4 is 10.6 Å². The summed E-state index contributed by atoms with van der Waals surface area (Å²) in [6, 6.07) is 13.8. The third-order valence-electron chi connectivity index (χ3n) is 5.10. The second-order valence-corrected chi connectivity index (χ2v) is 8.50. The molecule has 0 saturated carbocycles. The lowest BCUT2D eigenvalue weighted by Crippen LogP contribution is -2.36. The first-order chi connectivity index (χ1) is 14.8. The van der Waals surface area contributed by atoms with E-state index in [2.05, 4.69) is 15.7 Å². The number of hydrogen-bond acceptors (Lipinski definition) is 4. The maximum absolute atomic E-state index is 13.0. The number of nitrogens with one attached hydrogen (secondary N) is 2. The highest BCUT2D eigenvalue weighted by atomic mass is 32.2. The first kappa shape index (κ1) is 22.6. The highest BCUT2D eigenvalue weighted by molar-refractivity contribution is 7.98. The Morgan fingerprint density at radius 2 is 1.81 bits per heavy atom. The summed E-state index contributed by atoms with van der Waals surface area (Å²) in [5.41, 5.74) is 6.63. The molecule has 2 aromatic carbocycles. The SMILES string of the molecule is CSc1cccc(NC(=NCc2c(C)nn(C)c2C)NC(=O)c2cc(C)cc(C)c2)c1. The molecule has 0 fully saturated rings. The van der Waals surface area contributed by atoms with Crippen LogP contribution in [-0.2, 0) is 13.6 Å². The average Bonchev–Trinajstić information content (AvgIpc) is 2.96. The Morgan fingerprint density at radius 1 is 1.10 bits per heavy atom. The molecule has 6 nitrogen and oxygen atoms in total. The minimum atomic E-state index is -0.196. The number of hydrogen-bond donors (Lipinski definition) is 2. The number of aromatic nitrogens is 2. The van der Waals surface area contributed by atoms with Gasteiger partial charge in [-0.1, -0.05) is 23.3 Å². The Bertz CT molecular complexity index is 1110. The van der Waals surface area contributed by atoms with E-state index in [1.54, 1.807) is 11.8 Å². The van der Waals surface area contributed by atoms with Gasteiger partial charge in [0.15, 0.2) is 0 Å². The van der Waals surface area contributed by atoms with Crippen molar-refractivity contribution in [2.75, 3.05) is 11.6 Å². The number of benzene rings is 2. The predicted octanol–water partition coefficient (Wildman–Crippen LogP) is 4.77. The molecule has 2 N–H and O–H groups in total. The molecule has 0 aliphatic carbocycles. The number of anilines is 1. The van der Waals surface area contributed by atoms with Crippen LogP contribution >= 0.6 is 11.8 Å². The normalized spacial score (nSPS) is 11.5. The summed E-state index contributed by atoms with van der Waals surface area (Å²) in [4.78, 5) is 18.8. The van der Waals surface area contributed by atoms with E-state index >= 15 is 0 Å². The third-order valence-corrected chi connectivity index (χ3v) is 5.83. The molecule has 1 heterocycles. The molecule has 0 aliphatic heterocycles. The molecule has 1 amide bonds. The fourth-order valence-electron chi connectivity index (χ4n) is 3.44. The fourth-order valence-corrected chi connectivity index (χ4v) is 3.90. The van der Waals surface area contributed by atoms with E-state index in [4.69, 9.17) is 4.99 Å². The summed E-state index contributed by atoms with van der Waals surface area (Å²) < 4.78 is 1.85. The molecular formula is C24H29N5OS. The van der Waals surface area contributed by atoms with Gasteiger partial charge >= 0.3 is 0 Å². The van der Waals surface area contributed by atoms with Gasteiger partial charge in [0.2, 0.25) is 5.96 Å². The van der Waals surface area contributed by atoms with E-state index in [-0.39, 0.29) is 5.91 Å². The molecule has 3 aromatic rings. The lowest BCUT2D eigenvalue weighted by Gasteiger charge is -2.13. The molecule has 0 unspecified atom stereocenters. The van der Waals surface area contributed by atoms with Gasteiger partial charge in [-0.15, -0.1) is 11.8 Å². The number of aliphatic imine (C=N–C) groups is 1. The summed E-state index contributed by atoms with van der Waals surface area (Å²) >= 11 is 1.66. The van der Waals surface area contributed by atoms with Gasteiger partial charge in [0.25, 0.3) is 5.91 Å². The van der Waals surface area contributed by atoms with Crippen molar-refractivity contribution in [2.24, 2.45) is 12.0 Å². The highest BCUT2D eigenvalue weighted by Gasteiger charge is 2.13. The highest BCUT2D eigenvalue weighted by Crippen LogP contribution is 2.19. The number of carbonyl (C=O) groups excluding carboxylic acids is 1. The van der Waals surface area contributed by atoms with Gasteiger partial charge in [-0.25, -0.2) is 4.99 Å². The number of aryl methyl sites for hydroxylation is 4. The summed E-state index contributed by atoms with van der Waals surface area (Å²) in [5, 5.41) is 10.7. The standard InChI is InChI=1S/C24H29N5OS/c1-15-10-16(2)12-19(11-15)23(30)27-24(26-20-8-7-9-21(13-20)31-6)25-14-22-17(3)28-29(5)18(22)4/h7-13H,14H2,1-6H3,(H2,25,26,27,30). The van der Waals surface area contributed by atoms with Crippen LogP contribution in [0.15, 0.2) is 52.4 Å². The fraction of sp³-hybridized carbons (Fsp3) is 0.292. The number of carbonyl (C=O) groups is 1. The van der Waals surface area contributed by atoms with Crippen LogP contribution in [0.25, 0.3) is 0 Å². The van der Waals surface area contributed by atoms with Crippen LogP contribution in [0.2, 0.25) is 0 Å². The molecule has 0 saturated heterocycles. The summed E-state index contributed by atoms with van der Waals surface area (Å²) in [5.74, 6) is 0.212. The van der Waals surface area contributed by atoms with Crippen LogP contribution in [0.5, 0.6) is 0 Å². The van der Waals surface area contributed by atoms with Gasteiger partial charge in [0.05, 0.1) is 12.2 Å². The maximum atomic E-state index is 13.0. The average molecular weight is 436 g/mol. The van der Waals surface area contributed by atoms with Gasteiger partial charge < -0.3 is 5.32 Å². The van der Waals surface area contributed by atoms with Crippen molar-refractivity contribution >= 4 is 29.3 Å². The molecule has 0 bridgehead atoms. The number of guanidine groups is 1. The number of thioether (sulfide) groups is 1. The van der Waals surface area contributed by atoms with Crippen LogP contribution in [0, 0.1) is 27.7 Å². The van der Waals surface area contributed by atoms with E-state index in [9.17, 15) is 4.79 Å².